The highest BCUT2D eigenvalue weighted by Crippen LogP contribution is 2.29. The molecule has 1 N–H and O–H groups in total. The molecule has 3 aromatic heterocycles. The Hall–Kier alpha value is -3.55. The summed E-state index contributed by atoms with van der Waals surface area (Å²) < 4.78 is 3.95. The van der Waals surface area contributed by atoms with Crippen LogP contribution in [0.15, 0.2) is 47.5 Å². The minimum atomic E-state index is 0.0941. The zero-order chi connectivity index (χ0) is 24.1. The highest BCUT2D eigenvalue weighted by molar-refractivity contribution is 5.79. The maximum absolute atomic E-state index is 13.4. The molecule has 1 atom stereocenters. The second kappa shape index (κ2) is 10.6. The Labute approximate surface area is 200 Å². The Bertz CT molecular complexity index is 1270. The predicted molar refractivity (Wildman–Crippen MR) is 134 cm³/mol. The Morgan fingerprint density at radius 2 is 1.85 bits per heavy atom. The number of nitrogens with one attached hydrogen (secondary N) is 1. The number of aromatic amines is 1. The fourth-order valence-corrected chi connectivity index (χ4v) is 4.53. The number of H-pyrrole nitrogens is 1. The van der Waals surface area contributed by atoms with Gasteiger partial charge in [-0.15, -0.1) is 5.10 Å². The van der Waals surface area contributed by atoms with Gasteiger partial charge in [0, 0.05) is 35.4 Å². The van der Waals surface area contributed by atoms with Gasteiger partial charge >= 0.3 is 5.69 Å². The molecule has 3 heterocycles. The van der Waals surface area contributed by atoms with Gasteiger partial charge in [-0.1, -0.05) is 51.0 Å². The lowest BCUT2D eigenvalue weighted by Crippen LogP contribution is -2.27. The van der Waals surface area contributed by atoms with Crippen molar-refractivity contribution >= 4 is 0 Å². The average molecular weight is 460 g/mol. The predicted octanol–water partition coefficient (Wildman–Crippen LogP) is 4.95. The van der Waals surface area contributed by atoms with E-state index in [1.165, 1.54) is 6.42 Å². The smallest absolute Gasteiger partial charge is 0.294 e. The van der Waals surface area contributed by atoms with Crippen LogP contribution in [-0.2, 0) is 13.0 Å². The first kappa shape index (κ1) is 23.6. The summed E-state index contributed by atoms with van der Waals surface area (Å²) in [7, 11) is 0. The summed E-state index contributed by atoms with van der Waals surface area (Å²) in [5, 5.41) is 14.2. The maximum Gasteiger partial charge on any atom is 0.329 e. The lowest BCUT2D eigenvalue weighted by Gasteiger charge is -2.11. The summed E-state index contributed by atoms with van der Waals surface area (Å²) in [6.07, 6.45) is 8.82. The molecule has 0 saturated carbocycles. The molecule has 4 rings (SSSR count). The van der Waals surface area contributed by atoms with E-state index in [1.807, 2.05) is 15.2 Å². The molecular weight excluding hydrogens is 426 g/mol. The van der Waals surface area contributed by atoms with Crippen LogP contribution in [0.1, 0.15) is 69.4 Å². The Kier molecular flexibility index (Phi) is 7.35. The standard InChI is InChI=1S/C26H33N7O/c1-5-7-8-9-24-19(4)33(18(3)6-2)26(34)32(24)17-20-10-12-21(13-11-20)22-14-15-27-16-23(22)25-28-30-31-29-25/h10-16,18H,5-9,17H2,1-4H3,(H,28,29,30,31). The van der Waals surface area contributed by atoms with E-state index in [2.05, 4.69) is 77.6 Å². The van der Waals surface area contributed by atoms with Crippen LogP contribution in [-0.4, -0.2) is 34.7 Å². The van der Waals surface area contributed by atoms with Crippen molar-refractivity contribution < 1.29 is 0 Å². The van der Waals surface area contributed by atoms with Crippen molar-refractivity contribution in [2.24, 2.45) is 0 Å². The number of benzene rings is 1. The highest BCUT2D eigenvalue weighted by Gasteiger charge is 2.20. The second-order valence-corrected chi connectivity index (χ2v) is 8.85. The normalized spacial score (nSPS) is 12.2. The van der Waals surface area contributed by atoms with Crippen molar-refractivity contribution in [3.63, 3.8) is 0 Å². The van der Waals surface area contributed by atoms with Gasteiger partial charge in [0.2, 0.25) is 0 Å². The summed E-state index contributed by atoms with van der Waals surface area (Å²) in [6.45, 7) is 9.13. The van der Waals surface area contributed by atoms with Crippen LogP contribution < -0.4 is 5.69 Å². The van der Waals surface area contributed by atoms with E-state index >= 15 is 0 Å². The topological polar surface area (TPSA) is 94.3 Å². The molecule has 0 radical (unpaired) electrons. The van der Waals surface area contributed by atoms with E-state index in [0.29, 0.717) is 12.4 Å². The van der Waals surface area contributed by atoms with Gasteiger partial charge in [0.15, 0.2) is 5.82 Å². The van der Waals surface area contributed by atoms with E-state index in [0.717, 1.165) is 59.3 Å². The monoisotopic (exact) mass is 459 g/mol. The minimum absolute atomic E-state index is 0.0941. The number of imidazole rings is 1. The van der Waals surface area contributed by atoms with Gasteiger partial charge in [0.25, 0.3) is 0 Å². The molecule has 34 heavy (non-hydrogen) atoms. The van der Waals surface area contributed by atoms with Crippen LogP contribution in [0.5, 0.6) is 0 Å². The fraction of sp³-hybridized carbons (Fsp3) is 0.423. The third-order valence-corrected chi connectivity index (χ3v) is 6.62. The van der Waals surface area contributed by atoms with Crippen molar-refractivity contribution in [2.45, 2.75) is 72.4 Å². The summed E-state index contributed by atoms with van der Waals surface area (Å²) in [5.41, 5.74) is 6.34. The zero-order valence-corrected chi connectivity index (χ0v) is 20.5. The van der Waals surface area contributed by atoms with Crippen LogP contribution >= 0.6 is 0 Å². The average Bonchev–Trinajstić information content (AvgIpc) is 3.47. The summed E-state index contributed by atoms with van der Waals surface area (Å²) in [5.74, 6) is 0.581. The molecule has 8 heteroatoms. The first-order valence-electron chi connectivity index (χ1n) is 12.1. The molecule has 1 aromatic carbocycles. The van der Waals surface area contributed by atoms with Crippen LogP contribution in [0.2, 0.25) is 0 Å². The molecule has 0 amide bonds. The molecule has 0 fully saturated rings. The van der Waals surface area contributed by atoms with Crippen LogP contribution in [0, 0.1) is 6.92 Å². The van der Waals surface area contributed by atoms with Gasteiger partial charge in [-0.3, -0.25) is 14.1 Å². The Balaban J connectivity index is 1.65. The molecule has 0 saturated heterocycles. The first-order chi connectivity index (χ1) is 16.5. The lowest BCUT2D eigenvalue weighted by atomic mass is 10.00. The second-order valence-electron chi connectivity index (χ2n) is 8.85. The molecule has 0 aliphatic rings. The third kappa shape index (κ3) is 4.71. The molecule has 0 spiro atoms. The van der Waals surface area contributed by atoms with Gasteiger partial charge in [0.05, 0.1) is 6.54 Å². The minimum Gasteiger partial charge on any atom is -0.294 e. The van der Waals surface area contributed by atoms with Crippen LogP contribution in [0.4, 0.5) is 0 Å². The molecule has 1 unspecified atom stereocenters. The van der Waals surface area contributed by atoms with Gasteiger partial charge in [-0.2, -0.15) is 0 Å². The zero-order valence-electron chi connectivity index (χ0n) is 20.5. The fourth-order valence-electron chi connectivity index (χ4n) is 4.53. The molecule has 0 aliphatic carbocycles. The quantitative estimate of drug-likeness (QED) is 0.339. The number of aromatic nitrogens is 7. The maximum atomic E-state index is 13.4. The number of unbranched alkanes of at least 4 members (excludes halogenated alkanes) is 2. The highest BCUT2D eigenvalue weighted by atomic mass is 16.1. The number of nitrogens with zero attached hydrogens (tertiary/aromatic N) is 6. The lowest BCUT2D eigenvalue weighted by molar-refractivity contribution is 0.496. The van der Waals surface area contributed by atoms with Gasteiger partial charge in [-0.05, 0) is 66.3 Å². The number of hydrogen-bond donors (Lipinski definition) is 1. The summed E-state index contributed by atoms with van der Waals surface area (Å²) >= 11 is 0. The van der Waals surface area contributed by atoms with Crippen LogP contribution in [0.3, 0.4) is 0 Å². The molecule has 0 bridgehead atoms. The van der Waals surface area contributed by atoms with Crippen molar-refractivity contribution in [1.29, 1.82) is 0 Å². The Morgan fingerprint density at radius 3 is 2.53 bits per heavy atom. The molecule has 0 aliphatic heterocycles. The summed E-state index contributed by atoms with van der Waals surface area (Å²) in [6, 6.07) is 10.5. The van der Waals surface area contributed by atoms with Crippen LogP contribution in [0.25, 0.3) is 22.5 Å². The number of hydrogen-bond acceptors (Lipinski definition) is 5. The SMILES string of the molecule is CCCCCc1c(C)n(C(C)CC)c(=O)n1Cc1ccc(-c2ccncc2-c2nnn[nH]2)cc1. The molecular formula is C26H33N7O. The van der Waals surface area contributed by atoms with E-state index in [9.17, 15) is 4.79 Å². The summed E-state index contributed by atoms with van der Waals surface area (Å²) in [4.78, 5) is 17.6. The van der Waals surface area contributed by atoms with Crippen molar-refractivity contribution in [1.82, 2.24) is 34.7 Å². The van der Waals surface area contributed by atoms with Crippen molar-refractivity contribution in [2.75, 3.05) is 0 Å². The van der Waals surface area contributed by atoms with Gasteiger partial charge < -0.3 is 0 Å². The van der Waals surface area contributed by atoms with Crippen molar-refractivity contribution in [3.05, 3.63) is 70.2 Å². The first-order valence-corrected chi connectivity index (χ1v) is 12.1. The third-order valence-electron chi connectivity index (χ3n) is 6.62. The Morgan fingerprint density at radius 1 is 1.06 bits per heavy atom. The van der Waals surface area contributed by atoms with Gasteiger partial charge in [0.1, 0.15) is 0 Å². The van der Waals surface area contributed by atoms with E-state index in [4.69, 9.17) is 0 Å². The van der Waals surface area contributed by atoms with Gasteiger partial charge in [-0.25, -0.2) is 9.89 Å². The van der Waals surface area contributed by atoms with E-state index < -0.39 is 0 Å². The number of pyridine rings is 1. The number of rotatable bonds is 10. The van der Waals surface area contributed by atoms with E-state index in [1.54, 1.807) is 12.4 Å². The van der Waals surface area contributed by atoms with Crippen molar-refractivity contribution in [3.8, 4) is 22.5 Å². The molecule has 178 valence electrons. The largest absolute Gasteiger partial charge is 0.329 e. The van der Waals surface area contributed by atoms with E-state index in [-0.39, 0.29) is 11.7 Å². The molecule has 8 nitrogen and oxygen atoms in total. The molecule has 4 aromatic rings. The number of tetrazole rings is 1.